The molecule has 0 amide bonds. The van der Waals surface area contributed by atoms with Crippen LogP contribution >= 0.6 is 11.8 Å². The van der Waals surface area contributed by atoms with Gasteiger partial charge in [-0.25, -0.2) is 4.68 Å². The van der Waals surface area contributed by atoms with Gasteiger partial charge in [-0.3, -0.25) is 0 Å². The van der Waals surface area contributed by atoms with E-state index in [1.54, 1.807) is 0 Å². The predicted molar refractivity (Wildman–Crippen MR) is 58.3 cm³/mol. The molecule has 1 N–H and O–H groups in total. The van der Waals surface area contributed by atoms with Crippen molar-refractivity contribution in [3.05, 3.63) is 5.82 Å². The number of nitrogens with one attached hydrogen (secondary N) is 1. The van der Waals surface area contributed by atoms with Gasteiger partial charge in [0.25, 0.3) is 0 Å². The van der Waals surface area contributed by atoms with Crippen LogP contribution in [0.2, 0.25) is 0 Å². The second kappa shape index (κ2) is 6.20. The summed E-state index contributed by atoms with van der Waals surface area (Å²) in [6.07, 6.45) is 0. The second-order valence-corrected chi connectivity index (χ2v) is 4.81. The van der Waals surface area contributed by atoms with E-state index in [4.69, 9.17) is 0 Å². The fraction of sp³-hybridized carbons (Fsp3) is 0.875. The average molecular weight is 269 g/mol. The zero-order valence-corrected chi connectivity index (χ0v) is 10.3. The number of alkyl halides is 3. The highest BCUT2D eigenvalue weighted by Crippen LogP contribution is 2.29. The van der Waals surface area contributed by atoms with Crippen molar-refractivity contribution in [1.82, 2.24) is 25.5 Å². The van der Waals surface area contributed by atoms with Crippen LogP contribution in [0.4, 0.5) is 13.2 Å². The van der Waals surface area contributed by atoms with Gasteiger partial charge in [0.05, 0.1) is 13.1 Å². The summed E-state index contributed by atoms with van der Waals surface area (Å²) in [4.78, 5) is 0. The Hall–Kier alpha value is -0.830. The monoisotopic (exact) mass is 269 g/mol. The molecule has 0 bridgehead atoms. The van der Waals surface area contributed by atoms with Crippen molar-refractivity contribution < 1.29 is 13.2 Å². The molecule has 1 aromatic rings. The topological polar surface area (TPSA) is 55.6 Å². The van der Waals surface area contributed by atoms with Crippen molar-refractivity contribution in [1.29, 1.82) is 0 Å². The first-order valence-electron chi connectivity index (χ1n) is 5.07. The van der Waals surface area contributed by atoms with E-state index in [0.717, 1.165) is 0 Å². The molecule has 1 aromatic heterocycles. The summed E-state index contributed by atoms with van der Waals surface area (Å²) in [6, 6.07) is 0.268. The SMILES string of the molecule is CC(C)NCc1nnnn1CCSC(F)(F)F. The van der Waals surface area contributed by atoms with Crippen LogP contribution in [0.15, 0.2) is 0 Å². The van der Waals surface area contributed by atoms with Gasteiger partial charge >= 0.3 is 5.51 Å². The van der Waals surface area contributed by atoms with Gasteiger partial charge in [-0.15, -0.1) is 5.10 Å². The Morgan fingerprint density at radius 1 is 1.41 bits per heavy atom. The smallest absolute Gasteiger partial charge is 0.308 e. The number of hydrogen-bond acceptors (Lipinski definition) is 5. The molecule has 0 saturated carbocycles. The molecule has 0 fully saturated rings. The summed E-state index contributed by atoms with van der Waals surface area (Å²) in [5, 5.41) is 14.0. The molecule has 0 aromatic carbocycles. The largest absolute Gasteiger partial charge is 0.441 e. The van der Waals surface area contributed by atoms with Crippen molar-refractivity contribution in [3.63, 3.8) is 0 Å². The zero-order valence-electron chi connectivity index (χ0n) is 9.53. The van der Waals surface area contributed by atoms with Crippen LogP contribution in [0.5, 0.6) is 0 Å². The average Bonchev–Trinajstić information content (AvgIpc) is 2.60. The first-order valence-corrected chi connectivity index (χ1v) is 6.06. The van der Waals surface area contributed by atoms with Gasteiger partial charge in [0.1, 0.15) is 0 Å². The Balaban J connectivity index is 2.40. The van der Waals surface area contributed by atoms with Crippen LogP contribution in [0.1, 0.15) is 19.7 Å². The number of thioether (sulfide) groups is 1. The number of rotatable bonds is 6. The number of aryl methyl sites for hydroxylation is 1. The lowest BCUT2D eigenvalue weighted by atomic mass is 10.4. The molecule has 0 spiro atoms. The number of nitrogens with zero attached hydrogens (tertiary/aromatic N) is 4. The Labute approximate surface area is 101 Å². The molecule has 0 atom stereocenters. The molecule has 17 heavy (non-hydrogen) atoms. The number of hydrogen-bond donors (Lipinski definition) is 1. The lowest BCUT2D eigenvalue weighted by Crippen LogP contribution is -2.24. The molecule has 0 saturated heterocycles. The fourth-order valence-corrected chi connectivity index (χ4v) is 1.56. The first-order chi connectivity index (χ1) is 7.88. The van der Waals surface area contributed by atoms with Gasteiger partial charge in [-0.05, 0) is 22.2 Å². The third-order valence-electron chi connectivity index (χ3n) is 1.84. The van der Waals surface area contributed by atoms with E-state index in [2.05, 4.69) is 20.8 Å². The van der Waals surface area contributed by atoms with Gasteiger partial charge < -0.3 is 5.32 Å². The van der Waals surface area contributed by atoms with Crippen molar-refractivity contribution in [2.24, 2.45) is 0 Å². The third-order valence-corrected chi connectivity index (χ3v) is 2.56. The lowest BCUT2D eigenvalue weighted by molar-refractivity contribution is -0.0328. The van der Waals surface area contributed by atoms with Gasteiger partial charge in [0.2, 0.25) is 0 Å². The minimum atomic E-state index is -4.20. The number of aromatic nitrogens is 4. The van der Waals surface area contributed by atoms with Crippen LogP contribution in [0, 0.1) is 0 Å². The molecule has 0 radical (unpaired) electrons. The molecule has 0 unspecified atom stereocenters. The minimum Gasteiger partial charge on any atom is -0.308 e. The highest BCUT2D eigenvalue weighted by Gasteiger charge is 2.27. The summed E-state index contributed by atoms with van der Waals surface area (Å²) in [7, 11) is 0. The first kappa shape index (κ1) is 14.2. The Bertz CT molecular complexity index is 338. The summed E-state index contributed by atoms with van der Waals surface area (Å²) in [5.41, 5.74) is -4.20. The summed E-state index contributed by atoms with van der Waals surface area (Å²) in [6.45, 7) is 4.52. The molecule has 1 heterocycles. The van der Waals surface area contributed by atoms with Crippen LogP contribution in [-0.4, -0.2) is 37.5 Å². The third kappa shape index (κ3) is 5.87. The molecular formula is C8H14F3N5S. The van der Waals surface area contributed by atoms with E-state index in [1.165, 1.54) is 4.68 Å². The van der Waals surface area contributed by atoms with Crippen molar-refractivity contribution in [2.75, 3.05) is 5.75 Å². The molecule has 0 aliphatic rings. The maximum Gasteiger partial charge on any atom is 0.441 e. The molecule has 1 rings (SSSR count). The van der Waals surface area contributed by atoms with Crippen LogP contribution in [0.3, 0.4) is 0 Å². The van der Waals surface area contributed by atoms with E-state index >= 15 is 0 Å². The van der Waals surface area contributed by atoms with Crippen molar-refractivity contribution in [3.8, 4) is 0 Å². The van der Waals surface area contributed by atoms with Gasteiger partial charge in [0, 0.05) is 11.8 Å². The van der Waals surface area contributed by atoms with E-state index in [0.29, 0.717) is 12.4 Å². The fourth-order valence-electron chi connectivity index (χ4n) is 1.07. The summed E-state index contributed by atoms with van der Waals surface area (Å²) < 4.78 is 37.2. The maximum absolute atomic E-state index is 11.9. The minimum absolute atomic E-state index is 0.0719. The zero-order chi connectivity index (χ0) is 12.9. The quantitative estimate of drug-likeness (QED) is 0.846. The molecule has 0 aliphatic heterocycles. The molecular weight excluding hydrogens is 255 g/mol. The highest BCUT2D eigenvalue weighted by atomic mass is 32.2. The maximum atomic E-state index is 11.9. The van der Waals surface area contributed by atoms with Gasteiger partial charge in [0.15, 0.2) is 5.82 Å². The van der Waals surface area contributed by atoms with Crippen LogP contribution in [0.25, 0.3) is 0 Å². The van der Waals surface area contributed by atoms with E-state index in [1.807, 2.05) is 13.8 Å². The van der Waals surface area contributed by atoms with E-state index in [9.17, 15) is 13.2 Å². The van der Waals surface area contributed by atoms with Crippen molar-refractivity contribution >= 4 is 11.8 Å². The second-order valence-electron chi connectivity index (χ2n) is 3.65. The van der Waals surface area contributed by atoms with Crippen LogP contribution in [-0.2, 0) is 13.1 Å². The van der Waals surface area contributed by atoms with E-state index in [-0.39, 0.29) is 30.1 Å². The Morgan fingerprint density at radius 2 is 2.12 bits per heavy atom. The molecule has 9 heteroatoms. The predicted octanol–water partition coefficient (Wildman–Crippen LogP) is 1.42. The summed E-state index contributed by atoms with van der Waals surface area (Å²) in [5.74, 6) is 0.449. The Kier molecular flexibility index (Phi) is 5.19. The molecule has 5 nitrogen and oxygen atoms in total. The van der Waals surface area contributed by atoms with Crippen molar-refractivity contribution in [2.45, 2.75) is 38.5 Å². The van der Waals surface area contributed by atoms with Crippen LogP contribution < -0.4 is 5.32 Å². The number of tetrazole rings is 1. The standard InChI is InChI=1S/C8H14F3N5S/c1-6(2)12-5-7-13-14-15-16(7)3-4-17-8(9,10)11/h6,12H,3-5H2,1-2H3. The Morgan fingerprint density at radius 3 is 2.71 bits per heavy atom. The van der Waals surface area contributed by atoms with Gasteiger partial charge in [-0.1, -0.05) is 13.8 Å². The number of halogens is 3. The normalized spacial score (nSPS) is 12.4. The summed E-state index contributed by atoms with van der Waals surface area (Å²) >= 11 is -0.0719. The molecule has 98 valence electrons. The van der Waals surface area contributed by atoms with Gasteiger partial charge in [-0.2, -0.15) is 13.2 Å². The van der Waals surface area contributed by atoms with E-state index < -0.39 is 5.51 Å². The highest BCUT2D eigenvalue weighted by molar-refractivity contribution is 8.00. The molecule has 0 aliphatic carbocycles. The lowest BCUT2D eigenvalue weighted by Gasteiger charge is -2.09.